The minimum Gasteiger partial charge on any atom is -0.345 e. The van der Waals surface area contributed by atoms with Crippen LogP contribution in [0.4, 0.5) is 0 Å². The van der Waals surface area contributed by atoms with Crippen LogP contribution in [0.15, 0.2) is 0 Å². The lowest BCUT2D eigenvalue weighted by atomic mass is 10.0. The van der Waals surface area contributed by atoms with E-state index in [1.54, 1.807) is 4.90 Å². The van der Waals surface area contributed by atoms with Crippen LogP contribution in [0.5, 0.6) is 0 Å². The fourth-order valence-electron chi connectivity index (χ4n) is 1.86. The Morgan fingerprint density at radius 1 is 1.50 bits per heavy atom. The van der Waals surface area contributed by atoms with Gasteiger partial charge >= 0.3 is 0 Å². The van der Waals surface area contributed by atoms with E-state index in [1.165, 1.54) is 0 Å². The molecule has 0 aromatic carbocycles. The smallest absolute Gasteiger partial charge is 0.243 e. The van der Waals surface area contributed by atoms with Crippen molar-refractivity contribution in [3.8, 4) is 0 Å². The Bertz CT molecular complexity index is 238. The minimum atomic E-state index is -0.263. The first-order valence-corrected chi connectivity index (χ1v) is 5.16. The van der Waals surface area contributed by atoms with Gasteiger partial charge in [0, 0.05) is 6.04 Å². The minimum absolute atomic E-state index is 0.0137. The Labute approximate surface area is 84.7 Å². The molecule has 1 N–H and O–H groups in total. The highest BCUT2D eigenvalue weighted by atomic mass is 16.2. The molecule has 4 heteroatoms. The Hall–Kier alpha value is -1.06. The number of carbonyl (C=O) groups excluding carboxylic acids is 2. The maximum Gasteiger partial charge on any atom is 0.243 e. The number of hydrogen-bond donors (Lipinski definition) is 1. The Morgan fingerprint density at radius 2 is 2.14 bits per heavy atom. The summed E-state index contributed by atoms with van der Waals surface area (Å²) in [6.07, 6.45) is 1.66. The summed E-state index contributed by atoms with van der Waals surface area (Å²) in [7, 11) is 0. The molecule has 1 unspecified atom stereocenters. The van der Waals surface area contributed by atoms with Crippen molar-refractivity contribution in [1.29, 1.82) is 0 Å². The molecule has 1 aliphatic heterocycles. The summed E-state index contributed by atoms with van der Waals surface area (Å²) >= 11 is 0. The summed E-state index contributed by atoms with van der Waals surface area (Å²) in [5.41, 5.74) is 0. The topological polar surface area (TPSA) is 49.4 Å². The molecule has 0 bridgehead atoms. The van der Waals surface area contributed by atoms with E-state index in [0.29, 0.717) is 0 Å². The zero-order valence-corrected chi connectivity index (χ0v) is 9.04. The van der Waals surface area contributed by atoms with Crippen molar-refractivity contribution in [1.82, 2.24) is 10.2 Å². The molecule has 1 fully saturated rings. The lowest BCUT2D eigenvalue weighted by Crippen LogP contribution is -2.60. The molecule has 0 radical (unpaired) electrons. The second-order valence-corrected chi connectivity index (χ2v) is 3.92. The molecule has 2 amide bonds. The number of nitrogens with zero attached hydrogens (tertiary/aromatic N) is 1. The standard InChI is InChI=1S/C10H18N2O2/c1-4-5-8-10(14)11-6-9(13)12(8)7(2)3/h7-8H,4-6H2,1-3H3,(H,11,14). The monoisotopic (exact) mass is 198 g/mol. The van der Waals surface area contributed by atoms with Crippen LogP contribution in [0.25, 0.3) is 0 Å². The number of amides is 2. The molecular weight excluding hydrogens is 180 g/mol. The van der Waals surface area contributed by atoms with Gasteiger partial charge in [0.1, 0.15) is 6.04 Å². The van der Waals surface area contributed by atoms with Crippen molar-refractivity contribution in [2.24, 2.45) is 0 Å². The van der Waals surface area contributed by atoms with E-state index in [4.69, 9.17) is 0 Å². The molecule has 4 nitrogen and oxygen atoms in total. The molecule has 0 saturated carbocycles. The molecule has 80 valence electrons. The Morgan fingerprint density at radius 3 is 2.64 bits per heavy atom. The van der Waals surface area contributed by atoms with Crippen LogP contribution in [0.2, 0.25) is 0 Å². The van der Waals surface area contributed by atoms with Crippen LogP contribution >= 0.6 is 0 Å². The van der Waals surface area contributed by atoms with Gasteiger partial charge in [0.25, 0.3) is 0 Å². The molecule has 0 aromatic rings. The number of hydrogen-bond acceptors (Lipinski definition) is 2. The predicted molar refractivity (Wildman–Crippen MR) is 53.7 cm³/mol. The van der Waals surface area contributed by atoms with E-state index in [9.17, 15) is 9.59 Å². The number of rotatable bonds is 3. The highest BCUT2D eigenvalue weighted by molar-refractivity contribution is 5.94. The van der Waals surface area contributed by atoms with Gasteiger partial charge in [0.15, 0.2) is 0 Å². The summed E-state index contributed by atoms with van der Waals surface area (Å²) in [5.74, 6) is 0.0122. The van der Waals surface area contributed by atoms with Gasteiger partial charge < -0.3 is 10.2 Å². The van der Waals surface area contributed by atoms with E-state index in [2.05, 4.69) is 5.32 Å². The SMILES string of the molecule is CCCC1C(=O)NCC(=O)N1C(C)C. The Kier molecular flexibility index (Phi) is 3.49. The first kappa shape index (κ1) is 11.0. The van der Waals surface area contributed by atoms with Crippen molar-refractivity contribution in [2.45, 2.75) is 45.7 Å². The molecular formula is C10H18N2O2. The highest BCUT2D eigenvalue weighted by Crippen LogP contribution is 2.14. The lowest BCUT2D eigenvalue weighted by molar-refractivity contribution is -0.147. The summed E-state index contributed by atoms with van der Waals surface area (Å²) in [6, 6.07) is -0.161. The lowest BCUT2D eigenvalue weighted by Gasteiger charge is -2.37. The van der Waals surface area contributed by atoms with Crippen LogP contribution < -0.4 is 5.32 Å². The van der Waals surface area contributed by atoms with Crippen LogP contribution in [-0.2, 0) is 9.59 Å². The Balaban J connectivity index is 2.80. The molecule has 1 saturated heterocycles. The average Bonchev–Trinajstić information content (AvgIpc) is 2.11. The third-order valence-electron chi connectivity index (χ3n) is 2.46. The summed E-state index contributed by atoms with van der Waals surface area (Å²) in [4.78, 5) is 24.8. The molecule has 1 atom stereocenters. The zero-order chi connectivity index (χ0) is 10.7. The van der Waals surface area contributed by atoms with E-state index in [-0.39, 0.29) is 30.4 Å². The van der Waals surface area contributed by atoms with Gasteiger partial charge in [-0.1, -0.05) is 13.3 Å². The summed E-state index contributed by atoms with van der Waals surface area (Å²) < 4.78 is 0. The van der Waals surface area contributed by atoms with E-state index >= 15 is 0 Å². The molecule has 1 aliphatic rings. The average molecular weight is 198 g/mol. The van der Waals surface area contributed by atoms with Gasteiger partial charge in [-0.05, 0) is 20.3 Å². The first-order valence-electron chi connectivity index (χ1n) is 5.16. The van der Waals surface area contributed by atoms with Gasteiger partial charge in [-0.3, -0.25) is 9.59 Å². The fraction of sp³-hybridized carbons (Fsp3) is 0.800. The largest absolute Gasteiger partial charge is 0.345 e. The predicted octanol–water partition coefficient (Wildman–Crippen LogP) is 0.522. The van der Waals surface area contributed by atoms with Gasteiger partial charge in [0.2, 0.25) is 11.8 Å². The third kappa shape index (κ3) is 2.05. The van der Waals surface area contributed by atoms with E-state index in [0.717, 1.165) is 12.8 Å². The normalized spacial score (nSPS) is 22.9. The highest BCUT2D eigenvalue weighted by Gasteiger charge is 2.34. The van der Waals surface area contributed by atoms with Crippen molar-refractivity contribution in [2.75, 3.05) is 6.54 Å². The van der Waals surface area contributed by atoms with Gasteiger partial charge in [-0.15, -0.1) is 0 Å². The third-order valence-corrected chi connectivity index (χ3v) is 2.46. The molecule has 0 spiro atoms. The van der Waals surface area contributed by atoms with Crippen LogP contribution in [0, 0.1) is 0 Å². The molecule has 1 rings (SSSR count). The van der Waals surface area contributed by atoms with E-state index < -0.39 is 0 Å². The summed E-state index contributed by atoms with van der Waals surface area (Å²) in [5, 5.41) is 2.62. The first-order chi connectivity index (χ1) is 6.57. The number of nitrogens with one attached hydrogen (secondary N) is 1. The van der Waals surface area contributed by atoms with Crippen molar-refractivity contribution in [3.05, 3.63) is 0 Å². The van der Waals surface area contributed by atoms with Crippen LogP contribution in [-0.4, -0.2) is 35.3 Å². The number of piperazine rings is 1. The quantitative estimate of drug-likeness (QED) is 0.718. The second-order valence-electron chi connectivity index (χ2n) is 3.92. The van der Waals surface area contributed by atoms with Gasteiger partial charge in [-0.25, -0.2) is 0 Å². The van der Waals surface area contributed by atoms with Crippen LogP contribution in [0.3, 0.4) is 0 Å². The van der Waals surface area contributed by atoms with Crippen molar-refractivity contribution >= 4 is 11.8 Å². The zero-order valence-electron chi connectivity index (χ0n) is 9.04. The molecule has 0 aromatic heterocycles. The van der Waals surface area contributed by atoms with E-state index in [1.807, 2.05) is 20.8 Å². The summed E-state index contributed by atoms with van der Waals surface area (Å²) in [6.45, 7) is 6.06. The maximum absolute atomic E-state index is 11.6. The maximum atomic E-state index is 11.6. The second kappa shape index (κ2) is 4.44. The fourth-order valence-corrected chi connectivity index (χ4v) is 1.86. The van der Waals surface area contributed by atoms with Crippen molar-refractivity contribution < 1.29 is 9.59 Å². The van der Waals surface area contributed by atoms with Gasteiger partial charge in [-0.2, -0.15) is 0 Å². The van der Waals surface area contributed by atoms with Gasteiger partial charge in [0.05, 0.1) is 6.54 Å². The molecule has 1 heterocycles. The van der Waals surface area contributed by atoms with Crippen LogP contribution in [0.1, 0.15) is 33.6 Å². The molecule has 0 aliphatic carbocycles. The molecule has 14 heavy (non-hydrogen) atoms. The van der Waals surface area contributed by atoms with Crippen molar-refractivity contribution in [3.63, 3.8) is 0 Å². The number of carbonyl (C=O) groups is 2.